The first kappa shape index (κ1) is 15.2. The topological polar surface area (TPSA) is 60.9 Å². The van der Waals surface area contributed by atoms with E-state index < -0.39 is 17.3 Å². The van der Waals surface area contributed by atoms with Crippen molar-refractivity contribution in [2.45, 2.75) is 12.7 Å². The molecule has 0 aromatic carbocycles. The molecule has 0 aliphatic rings. The third kappa shape index (κ3) is 3.66. The number of hydrogen-bond acceptors (Lipinski definition) is 3. The van der Waals surface area contributed by atoms with Crippen LogP contribution in [0.4, 0.5) is 13.2 Å². The molecule has 2 aromatic rings. The summed E-state index contributed by atoms with van der Waals surface area (Å²) in [5.74, 6) is 0. The van der Waals surface area contributed by atoms with Gasteiger partial charge >= 0.3 is 6.18 Å². The van der Waals surface area contributed by atoms with E-state index in [2.05, 4.69) is 4.98 Å². The molecule has 2 heterocycles. The summed E-state index contributed by atoms with van der Waals surface area (Å²) >= 11 is 4.78. The Hall–Kier alpha value is -2.22. The number of pyridine rings is 2. The number of halogens is 3. The summed E-state index contributed by atoms with van der Waals surface area (Å²) in [6.07, 6.45) is -2.29. The van der Waals surface area contributed by atoms with Gasteiger partial charge in [-0.15, -0.1) is 0 Å². The number of nitrogens with zero attached hydrogens (tertiary/aromatic N) is 2. The van der Waals surface area contributed by atoms with Crippen LogP contribution in [0.1, 0.15) is 16.8 Å². The van der Waals surface area contributed by atoms with Gasteiger partial charge in [-0.2, -0.15) is 13.2 Å². The summed E-state index contributed by atoms with van der Waals surface area (Å²) in [6, 6.07) is 4.76. The second-order valence-corrected chi connectivity index (χ2v) is 4.74. The molecular weight excluding hydrogens is 303 g/mol. The van der Waals surface area contributed by atoms with Gasteiger partial charge in [-0.25, -0.2) is 0 Å². The molecule has 0 bridgehead atoms. The number of rotatable bonds is 3. The van der Waals surface area contributed by atoms with Crippen LogP contribution in [-0.4, -0.2) is 14.5 Å². The molecule has 2 rings (SSSR count). The smallest absolute Gasteiger partial charge is 0.388 e. The van der Waals surface area contributed by atoms with Gasteiger partial charge in [-0.05, 0) is 23.8 Å². The Kier molecular flexibility index (Phi) is 4.08. The molecule has 0 saturated heterocycles. The van der Waals surface area contributed by atoms with Gasteiger partial charge in [0.15, 0.2) is 0 Å². The standard InChI is InChI=1S/C13H10F3N3OS/c14-13(15,16)9-1-2-11(20)19(7-9)6-8-3-4-18-10(5-8)12(17)21/h1-5,7H,6H2,(H2,17,21). The van der Waals surface area contributed by atoms with Gasteiger partial charge in [-0.3, -0.25) is 9.78 Å². The number of nitrogens with two attached hydrogens (primary N) is 1. The van der Waals surface area contributed by atoms with Gasteiger partial charge in [0.25, 0.3) is 5.56 Å². The minimum absolute atomic E-state index is 0.0269. The Morgan fingerprint density at radius 1 is 1.33 bits per heavy atom. The van der Waals surface area contributed by atoms with Crippen LogP contribution in [0.3, 0.4) is 0 Å². The number of alkyl halides is 3. The van der Waals surface area contributed by atoms with Gasteiger partial charge in [0, 0.05) is 18.5 Å². The highest BCUT2D eigenvalue weighted by Crippen LogP contribution is 2.28. The predicted molar refractivity (Wildman–Crippen MR) is 74.9 cm³/mol. The van der Waals surface area contributed by atoms with E-state index in [9.17, 15) is 18.0 Å². The van der Waals surface area contributed by atoms with Crippen molar-refractivity contribution in [3.63, 3.8) is 0 Å². The summed E-state index contributed by atoms with van der Waals surface area (Å²) in [7, 11) is 0. The summed E-state index contributed by atoms with van der Waals surface area (Å²) in [4.78, 5) is 15.7. The van der Waals surface area contributed by atoms with Crippen molar-refractivity contribution in [2.75, 3.05) is 0 Å². The first-order chi connectivity index (χ1) is 9.77. The third-order valence-corrected chi connectivity index (χ3v) is 2.95. The Morgan fingerprint density at radius 2 is 2.05 bits per heavy atom. The molecule has 0 spiro atoms. The van der Waals surface area contributed by atoms with Crippen molar-refractivity contribution in [3.8, 4) is 0 Å². The molecule has 4 nitrogen and oxygen atoms in total. The fraction of sp³-hybridized carbons (Fsp3) is 0.154. The van der Waals surface area contributed by atoms with Crippen LogP contribution in [0.5, 0.6) is 0 Å². The van der Waals surface area contributed by atoms with E-state index in [1.807, 2.05) is 0 Å². The molecule has 0 saturated carbocycles. The van der Waals surface area contributed by atoms with Crippen molar-refractivity contribution in [3.05, 3.63) is 63.8 Å². The van der Waals surface area contributed by atoms with Gasteiger partial charge < -0.3 is 10.3 Å². The van der Waals surface area contributed by atoms with Crippen LogP contribution in [0, 0.1) is 0 Å². The molecule has 21 heavy (non-hydrogen) atoms. The highest BCUT2D eigenvalue weighted by Gasteiger charge is 2.31. The van der Waals surface area contributed by atoms with Crippen molar-refractivity contribution < 1.29 is 13.2 Å². The van der Waals surface area contributed by atoms with Crippen LogP contribution < -0.4 is 11.3 Å². The lowest BCUT2D eigenvalue weighted by atomic mass is 10.2. The van der Waals surface area contributed by atoms with Gasteiger partial charge in [0.05, 0.1) is 17.8 Å². The summed E-state index contributed by atoms with van der Waals surface area (Å²) < 4.78 is 38.9. The minimum atomic E-state index is -4.50. The van der Waals surface area contributed by atoms with E-state index in [0.29, 0.717) is 11.3 Å². The quantitative estimate of drug-likeness (QED) is 0.880. The van der Waals surface area contributed by atoms with Crippen LogP contribution in [0.2, 0.25) is 0 Å². The number of aromatic nitrogens is 2. The van der Waals surface area contributed by atoms with E-state index in [1.165, 1.54) is 12.3 Å². The molecule has 0 amide bonds. The minimum Gasteiger partial charge on any atom is -0.388 e. The van der Waals surface area contributed by atoms with Crippen molar-refractivity contribution in [2.24, 2.45) is 5.73 Å². The van der Waals surface area contributed by atoms with E-state index in [-0.39, 0.29) is 11.5 Å². The second kappa shape index (κ2) is 5.65. The monoisotopic (exact) mass is 313 g/mol. The van der Waals surface area contributed by atoms with Gasteiger partial charge in [0.1, 0.15) is 4.99 Å². The lowest BCUT2D eigenvalue weighted by Gasteiger charge is -2.11. The Balaban J connectivity index is 2.37. The predicted octanol–water partition coefficient (Wildman–Crippen LogP) is 1.94. The zero-order chi connectivity index (χ0) is 15.6. The molecule has 0 fully saturated rings. The van der Waals surface area contributed by atoms with Crippen LogP contribution >= 0.6 is 12.2 Å². The lowest BCUT2D eigenvalue weighted by molar-refractivity contribution is -0.138. The molecular formula is C13H10F3N3OS. The fourth-order valence-electron chi connectivity index (χ4n) is 1.73. The van der Waals surface area contributed by atoms with Crippen molar-refractivity contribution in [1.29, 1.82) is 0 Å². The molecule has 0 aliphatic carbocycles. The molecule has 0 unspecified atom stereocenters. The maximum atomic E-state index is 12.6. The van der Waals surface area contributed by atoms with Crippen LogP contribution in [-0.2, 0) is 12.7 Å². The number of hydrogen-bond donors (Lipinski definition) is 1. The molecule has 0 atom stereocenters. The maximum Gasteiger partial charge on any atom is 0.417 e. The highest BCUT2D eigenvalue weighted by molar-refractivity contribution is 7.80. The third-order valence-electron chi connectivity index (χ3n) is 2.74. The SMILES string of the molecule is NC(=S)c1cc(Cn2cc(C(F)(F)F)ccc2=O)ccn1. The Bertz CT molecular complexity index is 740. The normalized spacial score (nSPS) is 11.4. The average molecular weight is 313 g/mol. The Morgan fingerprint density at radius 3 is 2.67 bits per heavy atom. The van der Waals surface area contributed by atoms with Crippen molar-refractivity contribution in [1.82, 2.24) is 9.55 Å². The van der Waals surface area contributed by atoms with Gasteiger partial charge in [-0.1, -0.05) is 12.2 Å². The molecule has 2 aromatic heterocycles. The Labute approximate surface area is 123 Å². The largest absolute Gasteiger partial charge is 0.417 e. The molecule has 0 aliphatic heterocycles. The first-order valence-corrected chi connectivity index (χ1v) is 6.20. The fourth-order valence-corrected chi connectivity index (χ4v) is 1.84. The molecule has 2 N–H and O–H groups in total. The first-order valence-electron chi connectivity index (χ1n) is 5.80. The summed E-state index contributed by atoms with van der Waals surface area (Å²) in [5, 5.41) is 0. The van der Waals surface area contributed by atoms with E-state index in [1.54, 1.807) is 6.07 Å². The van der Waals surface area contributed by atoms with E-state index >= 15 is 0 Å². The lowest BCUT2D eigenvalue weighted by Crippen LogP contribution is -2.22. The summed E-state index contributed by atoms with van der Waals surface area (Å²) in [5.41, 5.74) is 4.95. The van der Waals surface area contributed by atoms with Crippen LogP contribution in [0.15, 0.2) is 41.5 Å². The summed E-state index contributed by atoms with van der Waals surface area (Å²) in [6.45, 7) is -0.0269. The maximum absolute atomic E-state index is 12.6. The molecule has 0 radical (unpaired) electrons. The van der Waals surface area contributed by atoms with Gasteiger partial charge in [0.2, 0.25) is 0 Å². The molecule has 8 heteroatoms. The molecule has 110 valence electrons. The van der Waals surface area contributed by atoms with E-state index in [0.717, 1.165) is 22.9 Å². The number of thiocarbonyl (C=S) groups is 1. The van der Waals surface area contributed by atoms with Crippen LogP contribution in [0.25, 0.3) is 0 Å². The highest BCUT2D eigenvalue weighted by atomic mass is 32.1. The van der Waals surface area contributed by atoms with E-state index in [4.69, 9.17) is 18.0 Å². The average Bonchev–Trinajstić information content (AvgIpc) is 2.40. The zero-order valence-electron chi connectivity index (χ0n) is 10.6. The van der Waals surface area contributed by atoms with Crippen molar-refractivity contribution >= 4 is 17.2 Å². The zero-order valence-corrected chi connectivity index (χ0v) is 11.4. The second-order valence-electron chi connectivity index (χ2n) is 4.30.